The van der Waals surface area contributed by atoms with Crippen molar-refractivity contribution in [3.63, 3.8) is 0 Å². The van der Waals surface area contributed by atoms with Gasteiger partial charge in [-0.15, -0.1) is 0 Å². The van der Waals surface area contributed by atoms with Crippen LogP contribution >= 0.6 is 34.8 Å². The van der Waals surface area contributed by atoms with Crippen LogP contribution in [0, 0.1) is 6.92 Å². The van der Waals surface area contributed by atoms with Crippen molar-refractivity contribution >= 4 is 57.3 Å². The van der Waals surface area contributed by atoms with E-state index in [1.807, 2.05) is 37.3 Å². The maximum atomic E-state index is 13.2. The lowest BCUT2D eigenvalue weighted by atomic mass is 10.0. The van der Waals surface area contributed by atoms with E-state index in [2.05, 4.69) is 10.3 Å². The van der Waals surface area contributed by atoms with Crippen molar-refractivity contribution in [2.24, 2.45) is 0 Å². The van der Waals surface area contributed by atoms with Gasteiger partial charge in [0.15, 0.2) is 0 Å². The highest BCUT2D eigenvalue weighted by atomic mass is 35.5. The fourth-order valence-corrected chi connectivity index (χ4v) is 3.79. The summed E-state index contributed by atoms with van der Waals surface area (Å²) >= 11 is 18.5. The third kappa shape index (κ3) is 4.08. The molecule has 29 heavy (non-hydrogen) atoms. The van der Waals surface area contributed by atoms with Crippen LogP contribution in [0.15, 0.2) is 66.7 Å². The maximum Gasteiger partial charge on any atom is 0.256 e. The molecule has 1 heterocycles. The van der Waals surface area contributed by atoms with Crippen LogP contribution in [0.25, 0.3) is 22.2 Å². The summed E-state index contributed by atoms with van der Waals surface area (Å²) in [5.74, 6) is -0.250. The van der Waals surface area contributed by atoms with Gasteiger partial charge in [0, 0.05) is 26.7 Å². The van der Waals surface area contributed by atoms with Crippen LogP contribution < -0.4 is 5.32 Å². The quantitative estimate of drug-likeness (QED) is 0.359. The van der Waals surface area contributed by atoms with Crippen molar-refractivity contribution in [2.75, 3.05) is 5.32 Å². The molecule has 0 atom stereocenters. The van der Waals surface area contributed by atoms with Crippen molar-refractivity contribution in [1.29, 1.82) is 0 Å². The molecule has 0 aliphatic carbocycles. The molecule has 3 aromatic carbocycles. The highest BCUT2D eigenvalue weighted by Crippen LogP contribution is 2.32. The molecule has 0 fully saturated rings. The third-order valence-electron chi connectivity index (χ3n) is 4.62. The molecule has 1 N–H and O–H groups in total. The van der Waals surface area contributed by atoms with E-state index >= 15 is 0 Å². The first kappa shape index (κ1) is 19.7. The molecular formula is C23H15Cl3N2O. The number of rotatable bonds is 3. The van der Waals surface area contributed by atoms with Gasteiger partial charge >= 0.3 is 0 Å². The number of hydrogen-bond acceptors (Lipinski definition) is 2. The Kier molecular flexibility index (Phi) is 5.46. The summed E-state index contributed by atoms with van der Waals surface area (Å²) in [6.07, 6.45) is 0. The Morgan fingerprint density at radius 3 is 2.41 bits per heavy atom. The van der Waals surface area contributed by atoms with Crippen molar-refractivity contribution in [1.82, 2.24) is 4.98 Å². The van der Waals surface area contributed by atoms with Gasteiger partial charge in [0.2, 0.25) is 0 Å². The van der Waals surface area contributed by atoms with Gasteiger partial charge in [-0.1, -0.05) is 59.1 Å². The molecule has 0 unspecified atom stereocenters. The molecule has 0 aliphatic heterocycles. The molecule has 0 saturated carbocycles. The van der Waals surface area contributed by atoms with Crippen molar-refractivity contribution < 1.29 is 4.79 Å². The van der Waals surface area contributed by atoms with Crippen LogP contribution in [0.4, 0.5) is 5.69 Å². The minimum absolute atomic E-state index is 0.250. The van der Waals surface area contributed by atoms with Crippen LogP contribution in [0.2, 0.25) is 15.1 Å². The standard InChI is InChI=1S/C23H15Cl3N2O/c1-13-6-7-15(25)11-21(13)28-23(29)18-12-22(17-9-8-14(24)10-19(17)26)27-20-5-3-2-4-16(18)20/h2-12H,1H3,(H,28,29). The van der Waals surface area contributed by atoms with Gasteiger partial charge in [0.1, 0.15) is 0 Å². The smallest absolute Gasteiger partial charge is 0.256 e. The molecule has 0 bridgehead atoms. The Labute approximate surface area is 183 Å². The van der Waals surface area contributed by atoms with Gasteiger partial charge in [-0.2, -0.15) is 0 Å². The highest BCUT2D eigenvalue weighted by molar-refractivity contribution is 6.36. The number of para-hydroxylation sites is 1. The molecule has 1 aromatic heterocycles. The first-order valence-electron chi connectivity index (χ1n) is 8.85. The Morgan fingerprint density at radius 2 is 1.62 bits per heavy atom. The molecule has 144 valence electrons. The number of amides is 1. The Hall–Kier alpha value is -2.59. The van der Waals surface area contributed by atoms with E-state index in [0.717, 1.165) is 10.9 Å². The predicted octanol–water partition coefficient (Wildman–Crippen LogP) is 7.42. The summed E-state index contributed by atoms with van der Waals surface area (Å²) in [7, 11) is 0. The number of aromatic nitrogens is 1. The molecule has 6 heteroatoms. The predicted molar refractivity (Wildman–Crippen MR) is 121 cm³/mol. The van der Waals surface area contributed by atoms with E-state index in [0.29, 0.717) is 43.1 Å². The summed E-state index contributed by atoms with van der Waals surface area (Å²) in [6.45, 7) is 1.91. The minimum Gasteiger partial charge on any atom is -0.322 e. The highest BCUT2D eigenvalue weighted by Gasteiger charge is 2.16. The third-order valence-corrected chi connectivity index (χ3v) is 5.40. The average molecular weight is 442 g/mol. The summed E-state index contributed by atoms with van der Waals surface area (Å²) < 4.78 is 0. The van der Waals surface area contributed by atoms with Crippen molar-refractivity contribution in [3.05, 3.63) is 92.9 Å². The first-order valence-corrected chi connectivity index (χ1v) is 9.98. The van der Waals surface area contributed by atoms with E-state index < -0.39 is 0 Å². The molecule has 0 aliphatic rings. The first-order chi connectivity index (χ1) is 13.9. The Bertz CT molecular complexity index is 1250. The second kappa shape index (κ2) is 8.03. The van der Waals surface area contributed by atoms with E-state index in [-0.39, 0.29) is 5.91 Å². The van der Waals surface area contributed by atoms with Crippen LogP contribution in [0.3, 0.4) is 0 Å². The van der Waals surface area contributed by atoms with Crippen LogP contribution in [0.5, 0.6) is 0 Å². The number of carbonyl (C=O) groups excluding carboxylic acids is 1. The number of carbonyl (C=O) groups is 1. The molecule has 0 spiro atoms. The SMILES string of the molecule is Cc1ccc(Cl)cc1NC(=O)c1cc(-c2ccc(Cl)cc2Cl)nc2ccccc12. The Morgan fingerprint density at radius 1 is 0.897 bits per heavy atom. The van der Waals surface area contributed by atoms with Gasteiger partial charge in [0.05, 0.1) is 21.8 Å². The monoisotopic (exact) mass is 440 g/mol. The van der Waals surface area contributed by atoms with Gasteiger partial charge in [-0.3, -0.25) is 4.79 Å². The zero-order valence-corrected chi connectivity index (χ0v) is 17.6. The molecule has 1 amide bonds. The second-order valence-electron chi connectivity index (χ2n) is 6.61. The lowest BCUT2D eigenvalue weighted by molar-refractivity contribution is 0.102. The Balaban J connectivity index is 1.84. The number of aryl methyl sites for hydroxylation is 1. The minimum atomic E-state index is -0.250. The van der Waals surface area contributed by atoms with Crippen molar-refractivity contribution in [2.45, 2.75) is 6.92 Å². The number of anilines is 1. The second-order valence-corrected chi connectivity index (χ2v) is 7.89. The number of fused-ring (bicyclic) bond motifs is 1. The van der Waals surface area contributed by atoms with Gasteiger partial charge in [0.25, 0.3) is 5.91 Å². The van der Waals surface area contributed by atoms with Gasteiger partial charge < -0.3 is 5.32 Å². The summed E-state index contributed by atoms with van der Waals surface area (Å²) in [5.41, 5.74) is 4.07. The van der Waals surface area contributed by atoms with E-state index in [9.17, 15) is 4.79 Å². The topological polar surface area (TPSA) is 42.0 Å². The number of hydrogen-bond donors (Lipinski definition) is 1. The molecule has 0 saturated heterocycles. The van der Waals surface area contributed by atoms with E-state index in [4.69, 9.17) is 34.8 Å². The maximum absolute atomic E-state index is 13.2. The van der Waals surface area contributed by atoms with Crippen LogP contribution in [-0.2, 0) is 0 Å². The van der Waals surface area contributed by atoms with Crippen LogP contribution in [-0.4, -0.2) is 10.9 Å². The number of nitrogens with zero attached hydrogens (tertiary/aromatic N) is 1. The molecule has 0 radical (unpaired) electrons. The van der Waals surface area contributed by atoms with Crippen LogP contribution in [0.1, 0.15) is 15.9 Å². The largest absolute Gasteiger partial charge is 0.322 e. The lowest BCUT2D eigenvalue weighted by Gasteiger charge is -2.13. The lowest BCUT2D eigenvalue weighted by Crippen LogP contribution is -2.14. The molecule has 3 nitrogen and oxygen atoms in total. The number of nitrogens with one attached hydrogen (secondary N) is 1. The number of pyridine rings is 1. The number of halogens is 3. The average Bonchev–Trinajstić information content (AvgIpc) is 2.70. The summed E-state index contributed by atoms with van der Waals surface area (Å²) in [6, 6.07) is 19.8. The summed E-state index contributed by atoms with van der Waals surface area (Å²) in [5, 5.41) is 5.27. The zero-order valence-electron chi connectivity index (χ0n) is 15.3. The fraction of sp³-hybridized carbons (Fsp3) is 0.0435. The molecule has 4 rings (SSSR count). The zero-order chi connectivity index (χ0) is 20.5. The van der Waals surface area contributed by atoms with Gasteiger partial charge in [-0.05, 0) is 55.0 Å². The van der Waals surface area contributed by atoms with Gasteiger partial charge in [-0.25, -0.2) is 4.98 Å². The van der Waals surface area contributed by atoms with E-state index in [1.54, 1.807) is 36.4 Å². The summed E-state index contributed by atoms with van der Waals surface area (Å²) in [4.78, 5) is 17.9. The van der Waals surface area contributed by atoms with E-state index in [1.165, 1.54) is 0 Å². The normalized spacial score (nSPS) is 10.9. The molecule has 4 aromatic rings. The fourth-order valence-electron chi connectivity index (χ4n) is 3.12. The molecular weight excluding hydrogens is 427 g/mol. The number of benzene rings is 3. The van der Waals surface area contributed by atoms with Crippen molar-refractivity contribution in [3.8, 4) is 11.3 Å².